The molecule has 5 heteroatoms. The number of rotatable bonds is 5. The standard InChI is InChI=1S/C16H24ClN3S/c1-19(2)10-12-5-7-20(8-6-12)11-14-4-3-13(16(18)21)9-15(14)17/h3-4,9,12H,5-8,10-11H2,1-2H3,(H2,18,21). The first-order valence-electron chi connectivity index (χ1n) is 7.41. The fourth-order valence-electron chi connectivity index (χ4n) is 2.91. The van der Waals surface area contributed by atoms with E-state index in [2.05, 4.69) is 23.9 Å². The molecule has 1 aromatic carbocycles. The zero-order valence-corrected chi connectivity index (χ0v) is 14.4. The summed E-state index contributed by atoms with van der Waals surface area (Å²) < 4.78 is 0. The van der Waals surface area contributed by atoms with E-state index in [1.165, 1.54) is 19.4 Å². The van der Waals surface area contributed by atoms with Crippen LogP contribution in [0, 0.1) is 5.92 Å². The highest BCUT2D eigenvalue weighted by atomic mass is 35.5. The zero-order chi connectivity index (χ0) is 15.4. The zero-order valence-electron chi connectivity index (χ0n) is 12.8. The SMILES string of the molecule is CN(C)CC1CCN(Cc2ccc(C(N)=S)cc2Cl)CC1. The molecule has 0 saturated carbocycles. The predicted molar refractivity (Wildman–Crippen MR) is 93.9 cm³/mol. The number of thiocarbonyl (C=S) groups is 1. The molecule has 1 aliphatic rings. The van der Waals surface area contributed by atoms with E-state index in [1.54, 1.807) is 0 Å². The van der Waals surface area contributed by atoms with Crippen molar-refractivity contribution in [1.29, 1.82) is 0 Å². The van der Waals surface area contributed by atoms with Crippen molar-refractivity contribution in [3.05, 3.63) is 34.3 Å². The van der Waals surface area contributed by atoms with Crippen LogP contribution in [0.2, 0.25) is 5.02 Å². The lowest BCUT2D eigenvalue weighted by molar-refractivity contribution is 0.157. The van der Waals surface area contributed by atoms with Gasteiger partial charge in [-0.3, -0.25) is 4.90 Å². The van der Waals surface area contributed by atoms with Gasteiger partial charge in [-0.2, -0.15) is 0 Å². The molecule has 1 saturated heterocycles. The minimum atomic E-state index is 0.396. The van der Waals surface area contributed by atoms with Gasteiger partial charge in [0.2, 0.25) is 0 Å². The summed E-state index contributed by atoms with van der Waals surface area (Å²) in [5, 5.41) is 0.760. The third-order valence-corrected chi connectivity index (χ3v) is 4.65. The molecule has 0 unspecified atom stereocenters. The van der Waals surface area contributed by atoms with Gasteiger partial charge in [-0.25, -0.2) is 0 Å². The average molecular weight is 326 g/mol. The summed E-state index contributed by atoms with van der Waals surface area (Å²) in [7, 11) is 4.30. The molecule has 1 aliphatic heterocycles. The van der Waals surface area contributed by atoms with Crippen molar-refractivity contribution in [2.45, 2.75) is 19.4 Å². The maximum absolute atomic E-state index is 6.34. The summed E-state index contributed by atoms with van der Waals surface area (Å²) >= 11 is 11.3. The molecule has 21 heavy (non-hydrogen) atoms. The van der Waals surface area contributed by atoms with Gasteiger partial charge in [-0.15, -0.1) is 0 Å². The van der Waals surface area contributed by atoms with Crippen molar-refractivity contribution in [2.24, 2.45) is 11.7 Å². The maximum atomic E-state index is 6.34. The van der Waals surface area contributed by atoms with Gasteiger partial charge in [0, 0.05) is 23.7 Å². The second kappa shape index (κ2) is 7.54. The van der Waals surface area contributed by atoms with Crippen LogP contribution < -0.4 is 5.73 Å². The highest BCUT2D eigenvalue weighted by molar-refractivity contribution is 7.80. The number of hydrogen-bond acceptors (Lipinski definition) is 3. The normalized spacial score (nSPS) is 17.3. The molecule has 1 heterocycles. The van der Waals surface area contributed by atoms with Crippen molar-refractivity contribution >= 4 is 28.8 Å². The van der Waals surface area contributed by atoms with E-state index in [9.17, 15) is 0 Å². The Balaban J connectivity index is 1.90. The van der Waals surface area contributed by atoms with Crippen molar-refractivity contribution in [3.63, 3.8) is 0 Å². The highest BCUT2D eigenvalue weighted by Gasteiger charge is 2.20. The Morgan fingerprint density at radius 3 is 2.57 bits per heavy atom. The molecule has 3 nitrogen and oxygen atoms in total. The Kier molecular flexibility index (Phi) is 5.99. The van der Waals surface area contributed by atoms with Gasteiger partial charge >= 0.3 is 0 Å². The Hall–Kier alpha value is -0.680. The lowest BCUT2D eigenvalue weighted by Gasteiger charge is -2.33. The second-order valence-corrected chi connectivity index (χ2v) is 7.00. The van der Waals surface area contributed by atoms with E-state index >= 15 is 0 Å². The number of nitrogens with zero attached hydrogens (tertiary/aromatic N) is 2. The van der Waals surface area contributed by atoms with E-state index in [1.807, 2.05) is 18.2 Å². The predicted octanol–water partition coefficient (Wildman–Crippen LogP) is 2.75. The Morgan fingerprint density at radius 1 is 1.38 bits per heavy atom. The van der Waals surface area contributed by atoms with Crippen LogP contribution in [0.3, 0.4) is 0 Å². The average Bonchev–Trinajstić information content (AvgIpc) is 2.42. The van der Waals surface area contributed by atoms with E-state index in [-0.39, 0.29) is 0 Å². The third-order valence-electron chi connectivity index (χ3n) is 4.06. The molecule has 2 N–H and O–H groups in total. The van der Waals surface area contributed by atoms with Gasteiger partial charge in [0.1, 0.15) is 4.99 Å². The van der Waals surface area contributed by atoms with Gasteiger partial charge in [0.05, 0.1) is 0 Å². The molecule has 0 aromatic heterocycles. The third kappa shape index (κ3) is 4.92. The number of piperidine rings is 1. The number of halogens is 1. The van der Waals surface area contributed by atoms with E-state index in [0.29, 0.717) is 4.99 Å². The molecule has 0 atom stereocenters. The van der Waals surface area contributed by atoms with Gasteiger partial charge < -0.3 is 10.6 Å². The Labute approximate surface area is 138 Å². The van der Waals surface area contributed by atoms with Gasteiger partial charge in [0.25, 0.3) is 0 Å². The molecule has 2 rings (SSSR count). The highest BCUT2D eigenvalue weighted by Crippen LogP contribution is 2.23. The largest absolute Gasteiger partial charge is 0.389 e. The van der Waals surface area contributed by atoms with Crippen LogP contribution in [0.1, 0.15) is 24.0 Å². The van der Waals surface area contributed by atoms with Crippen molar-refractivity contribution in [1.82, 2.24) is 9.80 Å². The second-order valence-electron chi connectivity index (χ2n) is 6.15. The molecule has 0 radical (unpaired) electrons. The Morgan fingerprint density at radius 2 is 2.05 bits per heavy atom. The van der Waals surface area contributed by atoms with E-state index < -0.39 is 0 Å². The molecule has 0 aliphatic carbocycles. The lowest BCUT2D eigenvalue weighted by Crippen LogP contribution is -2.36. The number of nitrogens with two attached hydrogens (primary N) is 1. The van der Waals surface area contributed by atoms with Crippen molar-refractivity contribution in [2.75, 3.05) is 33.7 Å². The smallest absolute Gasteiger partial charge is 0.104 e. The molecule has 1 aromatic rings. The summed E-state index contributed by atoms with van der Waals surface area (Å²) in [5.41, 5.74) is 7.62. The lowest BCUT2D eigenvalue weighted by atomic mass is 9.96. The molecule has 0 bridgehead atoms. The maximum Gasteiger partial charge on any atom is 0.104 e. The summed E-state index contributed by atoms with van der Waals surface area (Å²) in [6.45, 7) is 4.39. The van der Waals surface area contributed by atoms with Crippen molar-refractivity contribution in [3.8, 4) is 0 Å². The molecular formula is C16H24ClN3S. The van der Waals surface area contributed by atoms with Crippen LogP contribution in [0.5, 0.6) is 0 Å². The van der Waals surface area contributed by atoms with Crippen molar-refractivity contribution < 1.29 is 0 Å². The summed E-state index contributed by atoms with van der Waals surface area (Å²) in [5.74, 6) is 0.823. The fourth-order valence-corrected chi connectivity index (χ4v) is 3.28. The van der Waals surface area contributed by atoms with Crippen LogP contribution in [0.15, 0.2) is 18.2 Å². The minimum absolute atomic E-state index is 0.396. The summed E-state index contributed by atoms with van der Waals surface area (Å²) in [6, 6.07) is 5.88. The fraction of sp³-hybridized carbons (Fsp3) is 0.562. The number of likely N-dealkylation sites (tertiary alicyclic amines) is 1. The Bertz CT molecular complexity index is 496. The first kappa shape index (κ1) is 16.7. The van der Waals surface area contributed by atoms with E-state index in [4.69, 9.17) is 29.6 Å². The number of hydrogen-bond donors (Lipinski definition) is 1. The van der Waals surface area contributed by atoms with Crippen LogP contribution >= 0.6 is 23.8 Å². The molecule has 0 amide bonds. The van der Waals surface area contributed by atoms with Gasteiger partial charge in [0.15, 0.2) is 0 Å². The molecule has 0 spiro atoms. The topological polar surface area (TPSA) is 32.5 Å². The summed E-state index contributed by atoms with van der Waals surface area (Å²) in [6.07, 6.45) is 2.53. The molecule has 116 valence electrons. The minimum Gasteiger partial charge on any atom is -0.389 e. The summed E-state index contributed by atoms with van der Waals surface area (Å²) in [4.78, 5) is 5.16. The van der Waals surface area contributed by atoms with Crippen LogP contribution in [0.25, 0.3) is 0 Å². The molecular weight excluding hydrogens is 302 g/mol. The van der Waals surface area contributed by atoms with Crippen LogP contribution in [-0.4, -0.2) is 48.5 Å². The quantitative estimate of drug-likeness (QED) is 0.844. The van der Waals surface area contributed by atoms with Crippen LogP contribution in [-0.2, 0) is 6.54 Å². The molecule has 1 fully saturated rings. The number of benzene rings is 1. The first-order chi connectivity index (χ1) is 9.95. The monoisotopic (exact) mass is 325 g/mol. The van der Waals surface area contributed by atoms with Crippen LogP contribution in [0.4, 0.5) is 0 Å². The van der Waals surface area contributed by atoms with Gasteiger partial charge in [-0.05, 0) is 57.6 Å². The first-order valence-corrected chi connectivity index (χ1v) is 8.19. The van der Waals surface area contributed by atoms with Gasteiger partial charge in [-0.1, -0.05) is 36.0 Å². The van der Waals surface area contributed by atoms with E-state index in [0.717, 1.165) is 41.7 Å².